The van der Waals surface area contributed by atoms with Crippen molar-refractivity contribution in [1.29, 1.82) is 0 Å². The normalized spacial score (nSPS) is 20.3. The summed E-state index contributed by atoms with van der Waals surface area (Å²) in [7, 11) is 1.69. The predicted octanol–water partition coefficient (Wildman–Crippen LogP) is 3.75. The second kappa shape index (κ2) is 9.22. The van der Waals surface area contributed by atoms with Gasteiger partial charge in [-0.25, -0.2) is 0 Å². The molecule has 1 aliphatic rings. The summed E-state index contributed by atoms with van der Waals surface area (Å²) < 4.78 is 41.7. The van der Waals surface area contributed by atoms with E-state index in [0.717, 1.165) is 31.6 Å². The molecule has 0 aliphatic heterocycles. The molecule has 25 heavy (non-hydrogen) atoms. The minimum atomic E-state index is -4.68. The van der Waals surface area contributed by atoms with E-state index in [4.69, 9.17) is 0 Å². The van der Waals surface area contributed by atoms with E-state index in [1.54, 1.807) is 25.2 Å². The number of para-hydroxylation sites is 1. The lowest BCUT2D eigenvalue weighted by Gasteiger charge is -2.14. The first kappa shape index (κ1) is 19.8. The maximum Gasteiger partial charge on any atom is 0.573 e. The second-order valence-electron chi connectivity index (χ2n) is 5.88. The molecule has 0 heterocycles. The van der Waals surface area contributed by atoms with Gasteiger partial charge in [-0.15, -0.1) is 13.2 Å². The summed E-state index contributed by atoms with van der Waals surface area (Å²) in [6.07, 6.45) is 0.354. The van der Waals surface area contributed by atoms with Crippen LogP contribution in [0, 0.1) is 0 Å². The van der Waals surface area contributed by atoms with E-state index in [-0.39, 0.29) is 17.7 Å². The first-order valence-corrected chi connectivity index (χ1v) is 9.64. The Labute approximate surface area is 150 Å². The Bertz CT molecular complexity index is 581. The van der Waals surface area contributed by atoms with E-state index in [2.05, 4.69) is 26.6 Å². The van der Waals surface area contributed by atoms with E-state index in [1.807, 2.05) is 11.8 Å². The molecule has 1 aromatic carbocycles. The van der Waals surface area contributed by atoms with Crippen LogP contribution in [0.2, 0.25) is 0 Å². The average molecular weight is 375 g/mol. The number of alkyl halides is 3. The number of nitrogens with one attached hydrogen (secondary N) is 2. The number of ether oxygens (including phenoxy) is 1. The highest BCUT2D eigenvalue weighted by atomic mass is 32.2. The Balaban J connectivity index is 1.86. The van der Waals surface area contributed by atoms with Gasteiger partial charge in [-0.3, -0.25) is 4.99 Å². The van der Waals surface area contributed by atoms with Crippen molar-refractivity contribution in [3.8, 4) is 5.75 Å². The molecule has 8 heteroatoms. The van der Waals surface area contributed by atoms with Gasteiger partial charge in [-0.1, -0.05) is 18.2 Å². The van der Waals surface area contributed by atoms with Crippen LogP contribution in [0.15, 0.2) is 29.3 Å². The summed E-state index contributed by atoms with van der Waals surface area (Å²) in [5.74, 6) is 1.69. The quantitative estimate of drug-likeness (QED) is 0.413. The Hall–Kier alpha value is -1.57. The lowest BCUT2D eigenvalue weighted by atomic mass is 10.1. The minimum Gasteiger partial charge on any atom is -0.405 e. The van der Waals surface area contributed by atoms with Gasteiger partial charge in [0.25, 0.3) is 0 Å². The van der Waals surface area contributed by atoms with Crippen molar-refractivity contribution in [2.75, 3.05) is 25.6 Å². The van der Waals surface area contributed by atoms with Gasteiger partial charge in [-0.2, -0.15) is 11.8 Å². The van der Waals surface area contributed by atoms with Crippen LogP contribution in [-0.4, -0.2) is 44.0 Å². The lowest BCUT2D eigenvalue weighted by molar-refractivity contribution is -0.274. The molecule has 2 atom stereocenters. The van der Waals surface area contributed by atoms with Crippen molar-refractivity contribution < 1.29 is 17.9 Å². The summed E-state index contributed by atoms with van der Waals surface area (Å²) in [5, 5.41) is 6.51. The Morgan fingerprint density at radius 3 is 2.76 bits per heavy atom. The van der Waals surface area contributed by atoms with E-state index >= 15 is 0 Å². The molecule has 1 saturated carbocycles. The van der Waals surface area contributed by atoms with Crippen molar-refractivity contribution >= 4 is 17.7 Å². The van der Waals surface area contributed by atoms with E-state index in [0.29, 0.717) is 11.5 Å². The molecule has 2 unspecified atom stereocenters. The van der Waals surface area contributed by atoms with Crippen LogP contribution in [-0.2, 0) is 0 Å². The predicted molar refractivity (Wildman–Crippen MR) is 96.4 cm³/mol. The molecule has 0 aromatic heterocycles. The molecule has 1 aromatic rings. The summed E-state index contributed by atoms with van der Waals surface area (Å²) in [6, 6.07) is 6.38. The van der Waals surface area contributed by atoms with Crippen molar-refractivity contribution in [1.82, 2.24) is 10.6 Å². The highest BCUT2D eigenvalue weighted by Gasteiger charge is 2.42. The molecule has 1 fully saturated rings. The number of guanidine groups is 1. The molecular weight excluding hydrogens is 351 g/mol. The van der Waals surface area contributed by atoms with Crippen LogP contribution in [0.4, 0.5) is 13.2 Å². The Morgan fingerprint density at radius 2 is 2.08 bits per heavy atom. The number of nitrogens with zero attached hydrogens (tertiary/aromatic N) is 1. The summed E-state index contributed by atoms with van der Waals surface area (Å²) in [6.45, 7) is 0.825. The van der Waals surface area contributed by atoms with E-state index < -0.39 is 6.36 Å². The van der Waals surface area contributed by atoms with Gasteiger partial charge in [-0.05, 0) is 42.9 Å². The lowest BCUT2D eigenvalue weighted by Crippen LogP contribution is -2.39. The van der Waals surface area contributed by atoms with Crippen molar-refractivity contribution in [2.45, 2.75) is 37.6 Å². The number of unbranched alkanes of at least 4 members (excludes halogenated alkanes) is 1. The average Bonchev–Trinajstić information content (AvgIpc) is 3.31. The second-order valence-corrected chi connectivity index (χ2v) is 6.86. The highest BCUT2D eigenvalue weighted by Crippen LogP contribution is 2.45. The van der Waals surface area contributed by atoms with Crippen LogP contribution in [0.3, 0.4) is 0 Å². The molecule has 2 rings (SSSR count). The van der Waals surface area contributed by atoms with Gasteiger partial charge >= 0.3 is 6.36 Å². The van der Waals surface area contributed by atoms with Crippen molar-refractivity contribution in [2.24, 2.45) is 4.99 Å². The zero-order valence-electron chi connectivity index (χ0n) is 14.4. The largest absolute Gasteiger partial charge is 0.573 e. The Morgan fingerprint density at radius 1 is 1.32 bits per heavy atom. The summed E-state index contributed by atoms with van der Waals surface area (Å²) in [4.78, 5) is 4.17. The van der Waals surface area contributed by atoms with Crippen LogP contribution >= 0.6 is 11.8 Å². The standard InChI is InChI=1S/C17H24F3N3OS/c1-21-16(22-9-5-6-10-25-2)23-14-11-13(14)12-7-3-4-8-15(12)24-17(18,19)20/h3-4,7-8,13-14H,5-6,9-11H2,1-2H3,(H2,21,22,23). The fourth-order valence-electron chi connectivity index (χ4n) is 2.65. The zero-order valence-corrected chi connectivity index (χ0v) is 15.2. The van der Waals surface area contributed by atoms with Gasteiger partial charge < -0.3 is 15.4 Å². The third-order valence-corrected chi connectivity index (χ3v) is 4.64. The maximum atomic E-state index is 12.5. The molecule has 1 aliphatic carbocycles. The van der Waals surface area contributed by atoms with Crippen LogP contribution in [0.25, 0.3) is 0 Å². The van der Waals surface area contributed by atoms with Gasteiger partial charge in [0.15, 0.2) is 5.96 Å². The van der Waals surface area contributed by atoms with E-state index in [9.17, 15) is 13.2 Å². The molecular formula is C17H24F3N3OS. The SMILES string of the molecule is CN=C(NCCCCSC)NC1CC1c1ccccc1OC(F)(F)F. The number of benzene rings is 1. The Kier molecular flexibility index (Phi) is 7.28. The van der Waals surface area contributed by atoms with Gasteiger partial charge in [0.1, 0.15) is 5.75 Å². The fraction of sp³-hybridized carbons (Fsp3) is 0.588. The first-order valence-electron chi connectivity index (χ1n) is 8.25. The molecule has 0 saturated heterocycles. The number of rotatable bonds is 8. The maximum absolute atomic E-state index is 12.5. The molecule has 0 spiro atoms. The number of hydrogen-bond acceptors (Lipinski definition) is 3. The van der Waals surface area contributed by atoms with Gasteiger partial charge in [0.2, 0.25) is 0 Å². The molecule has 4 nitrogen and oxygen atoms in total. The van der Waals surface area contributed by atoms with Crippen molar-refractivity contribution in [3.05, 3.63) is 29.8 Å². The molecule has 140 valence electrons. The third kappa shape index (κ3) is 6.68. The summed E-state index contributed by atoms with van der Waals surface area (Å²) >= 11 is 1.82. The minimum absolute atomic E-state index is 0.00593. The monoisotopic (exact) mass is 375 g/mol. The van der Waals surface area contributed by atoms with Gasteiger partial charge in [0.05, 0.1) is 0 Å². The molecule has 0 bridgehead atoms. The highest BCUT2D eigenvalue weighted by molar-refractivity contribution is 7.98. The number of aliphatic imine (C=N–C) groups is 1. The first-order chi connectivity index (χ1) is 11.9. The van der Waals surface area contributed by atoms with Gasteiger partial charge in [0, 0.05) is 25.6 Å². The number of thioether (sulfide) groups is 1. The van der Waals surface area contributed by atoms with Crippen LogP contribution in [0.5, 0.6) is 5.75 Å². The molecule has 2 N–H and O–H groups in total. The summed E-state index contributed by atoms with van der Waals surface area (Å²) in [5.41, 5.74) is 0.577. The topological polar surface area (TPSA) is 45.7 Å². The zero-order chi connectivity index (χ0) is 18.3. The van der Waals surface area contributed by atoms with Crippen molar-refractivity contribution in [3.63, 3.8) is 0 Å². The number of hydrogen-bond donors (Lipinski definition) is 2. The smallest absolute Gasteiger partial charge is 0.405 e. The van der Waals surface area contributed by atoms with Crippen LogP contribution in [0.1, 0.15) is 30.7 Å². The molecule has 0 radical (unpaired) electrons. The van der Waals surface area contributed by atoms with E-state index in [1.165, 1.54) is 6.07 Å². The third-order valence-electron chi connectivity index (χ3n) is 3.95. The fourth-order valence-corrected chi connectivity index (χ4v) is 3.14. The van der Waals surface area contributed by atoms with Crippen LogP contribution < -0.4 is 15.4 Å². The number of halogens is 3. The molecule has 0 amide bonds.